The number of hydrogen-bond donors (Lipinski definition) is 1. The fraction of sp³-hybridized carbons (Fsp3) is 0.579. The molecule has 0 bridgehead atoms. The summed E-state index contributed by atoms with van der Waals surface area (Å²) in [7, 11) is 0. The molecule has 4 atom stereocenters. The topological polar surface area (TPSA) is 54.4 Å². The highest BCUT2D eigenvalue weighted by molar-refractivity contribution is 6.11. The normalized spacial score (nSPS) is 44.1. The average molecular weight is 300 g/mol. The molecule has 118 valence electrons. The van der Waals surface area contributed by atoms with Crippen LogP contribution in [-0.4, -0.2) is 22.3 Å². The van der Waals surface area contributed by atoms with Gasteiger partial charge in [0.15, 0.2) is 17.2 Å². The zero-order valence-corrected chi connectivity index (χ0v) is 13.7. The van der Waals surface area contributed by atoms with Crippen molar-refractivity contribution in [3.63, 3.8) is 0 Å². The second-order valence-electron chi connectivity index (χ2n) is 7.72. The first kappa shape index (κ1) is 15.4. The first-order valence-electron chi connectivity index (χ1n) is 8.04. The van der Waals surface area contributed by atoms with Gasteiger partial charge in [0.1, 0.15) is 0 Å². The minimum atomic E-state index is -1.71. The SMILES string of the molecule is CC1=C[C@]2(O)C(=O)/C=C/C3C(CC/C(C)=C/[C@H]2C1=O)C3(C)C. The van der Waals surface area contributed by atoms with Gasteiger partial charge >= 0.3 is 0 Å². The second-order valence-corrected chi connectivity index (χ2v) is 7.72. The summed E-state index contributed by atoms with van der Waals surface area (Å²) in [6, 6.07) is 0. The molecule has 3 heteroatoms. The van der Waals surface area contributed by atoms with Gasteiger partial charge in [-0.15, -0.1) is 0 Å². The maximum Gasteiger partial charge on any atom is 0.191 e. The molecule has 1 saturated carbocycles. The fourth-order valence-electron chi connectivity index (χ4n) is 4.16. The van der Waals surface area contributed by atoms with Crippen LogP contribution in [0.5, 0.6) is 0 Å². The van der Waals surface area contributed by atoms with Crippen LogP contribution >= 0.6 is 0 Å². The number of carbonyl (C=O) groups is 2. The number of carbonyl (C=O) groups excluding carboxylic acids is 2. The highest BCUT2D eigenvalue weighted by Gasteiger charge is 2.56. The van der Waals surface area contributed by atoms with Crippen molar-refractivity contribution in [2.75, 3.05) is 0 Å². The fourth-order valence-corrected chi connectivity index (χ4v) is 4.16. The lowest BCUT2D eigenvalue weighted by molar-refractivity contribution is -0.135. The minimum Gasteiger partial charge on any atom is -0.376 e. The van der Waals surface area contributed by atoms with Crippen molar-refractivity contribution in [1.29, 1.82) is 0 Å². The van der Waals surface area contributed by atoms with E-state index < -0.39 is 11.5 Å². The van der Waals surface area contributed by atoms with Gasteiger partial charge < -0.3 is 5.11 Å². The van der Waals surface area contributed by atoms with Crippen LogP contribution in [0.1, 0.15) is 40.5 Å². The average Bonchev–Trinajstić information content (AvgIpc) is 2.89. The number of Topliss-reactive ketones (excluding diaryl/α,β-unsaturated/α-hetero) is 1. The molecule has 3 aliphatic rings. The molecule has 1 N–H and O–H groups in total. The van der Waals surface area contributed by atoms with Crippen LogP contribution in [0.4, 0.5) is 0 Å². The van der Waals surface area contributed by atoms with Crippen molar-refractivity contribution in [3.05, 3.63) is 35.5 Å². The zero-order valence-electron chi connectivity index (χ0n) is 13.7. The van der Waals surface area contributed by atoms with Crippen LogP contribution < -0.4 is 0 Å². The van der Waals surface area contributed by atoms with E-state index in [2.05, 4.69) is 13.8 Å². The molecule has 0 heterocycles. The van der Waals surface area contributed by atoms with Crippen LogP contribution in [0, 0.1) is 23.2 Å². The van der Waals surface area contributed by atoms with Crippen LogP contribution in [-0.2, 0) is 9.59 Å². The van der Waals surface area contributed by atoms with Gasteiger partial charge in [-0.05, 0) is 61.7 Å². The summed E-state index contributed by atoms with van der Waals surface area (Å²) in [5.74, 6) is -0.345. The van der Waals surface area contributed by atoms with Crippen LogP contribution in [0.3, 0.4) is 0 Å². The van der Waals surface area contributed by atoms with Gasteiger partial charge in [0.25, 0.3) is 0 Å². The minimum absolute atomic E-state index is 0.145. The van der Waals surface area contributed by atoms with Crippen molar-refractivity contribution in [2.45, 2.75) is 46.1 Å². The quantitative estimate of drug-likeness (QED) is 0.700. The molecule has 0 aliphatic heterocycles. The summed E-state index contributed by atoms with van der Waals surface area (Å²) in [6.45, 7) is 8.10. The summed E-state index contributed by atoms with van der Waals surface area (Å²) < 4.78 is 0. The van der Waals surface area contributed by atoms with Crippen LogP contribution in [0.25, 0.3) is 0 Å². The maximum atomic E-state index is 12.6. The van der Waals surface area contributed by atoms with E-state index in [4.69, 9.17) is 0 Å². The Balaban J connectivity index is 2.02. The molecule has 3 aliphatic carbocycles. The Morgan fingerprint density at radius 3 is 2.59 bits per heavy atom. The third-order valence-corrected chi connectivity index (χ3v) is 5.87. The second kappa shape index (κ2) is 4.76. The summed E-state index contributed by atoms with van der Waals surface area (Å²) >= 11 is 0. The number of aliphatic hydroxyl groups is 1. The molecule has 0 amide bonds. The van der Waals surface area contributed by atoms with Gasteiger partial charge in [-0.1, -0.05) is 31.6 Å². The lowest BCUT2D eigenvalue weighted by Gasteiger charge is -2.24. The number of hydrogen-bond acceptors (Lipinski definition) is 3. The van der Waals surface area contributed by atoms with Crippen molar-refractivity contribution in [1.82, 2.24) is 0 Å². The molecule has 0 saturated heterocycles. The summed E-state index contributed by atoms with van der Waals surface area (Å²) in [6.07, 6.45) is 8.64. The number of rotatable bonds is 0. The summed E-state index contributed by atoms with van der Waals surface area (Å²) in [4.78, 5) is 24.9. The summed E-state index contributed by atoms with van der Waals surface area (Å²) in [5, 5.41) is 10.8. The third kappa shape index (κ3) is 2.14. The van der Waals surface area contributed by atoms with Gasteiger partial charge in [-0.25, -0.2) is 0 Å². The molecular formula is C19H24O3. The number of ketones is 2. The van der Waals surface area contributed by atoms with E-state index in [0.717, 1.165) is 18.4 Å². The largest absolute Gasteiger partial charge is 0.376 e. The first-order chi connectivity index (χ1) is 10.2. The number of fused-ring (bicyclic) bond motifs is 2. The maximum absolute atomic E-state index is 12.6. The van der Waals surface area contributed by atoms with Crippen molar-refractivity contribution in [2.24, 2.45) is 23.2 Å². The van der Waals surface area contributed by atoms with E-state index in [1.807, 2.05) is 13.0 Å². The molecule has 22 heavy (non-hydrogen) atoms. The van der Waals surface area contributed by atoms with E-state index in [1.165, 1.54) is 12.2 Å². The predicted octanol–water partition coefficient (Wildman–Crippen LogP) is 3.00. The molecule has 0 spiro atoms. The summed E-state index contributed by atoms with van der Waals surface area (Å²) in [5.41, 5.74) is 0.0591. The van der Waals surface area contributed by atoms with Crippen molar-refractivity contribution >= 4 is 11.6 Å². The molecule has 0 radical (unpaired) electrons. The Morgan fingerprint density at radius 1 is 1.23 bits per heavy atom. The molecule has 3 rings (SSSR count). The predicted molar refractivity (Wildman–Crippen MR) is 85.1 cm³/mol. The molecule has 0 aromatic rings. The van der Waals surface area contributed by atoms with Gasteiger partial charge in [0, 0.05) is 0 Å². The Kier molecular flexibility index (Phi) is 3.33. The van der Waals surface area contributed by atoms with E-state index in [-0.39, 0.29) is 17.0 Å². The first-order valence-corrected chi connectivity index (χ1v) is 8.04. The lowest BCUT2D eigenvalue weighted by Crippen LogP contribution is -2.42. The molecule has 2 unspecified atom stereocenters. The van der Waals surface area contributed by atoms with Gasteiger partial charge in [0.05, 0.1) is 5.92 Å². The van der Waals surface area contributed by atoms with Gasteiger partial charge in [-0.3, -0.25) is 9.59 Å². The molecule has 0 aromatic carbocycles. The Labute approximate surface area is 131 Å². The van der Waals surface area contributed by atoms with Crippen LogP contribution in [0.15, 0.2) is 35.5 Å². The Bertz CT molecular complexity index is 635. The number of allylic oxidation sites excluding steroid dienone is 3. The zero-order chi connectivity index (χ0) is 16.3. The third-order valence-electron chi connectivity index (χ3n) is 5.87. The molecule has 1 fully saturated rings. The van der Waals surface area contributed by atoms with Crippen LogP contribution in [0.2, 0.25) is 0 Å². The van der Waals surface area contributed by atoms with Gasteiger partial charge in [0.2, 0.25) is 0 Å². The molecule has 3 nitrogen and oxygen atoms in total. The van der Waals surface area contributed by atoms with E-state index >= 15 is 0 Å². The van der Waals surface area contributed by atoms with Gasteiger partial charge in [-0.2, -0.15) is 0 Å². The highest BCUT2D eigenvalue weighted by Crippen LogP contribution is 2.61. The monoisotopic (exact) mass is 300 g/mol. The lowest BCUT2D eigenvalue weighted by atomic mass is 9.84. The molecule has 0 aromatic heterocycles. The standard InChI is InChI=1S/C19H24O3/c1-11-5-6-13-14(18(13,3)4)7-8-16(20)19(22)10-12(2)17(21)15(19)9-11/h7-10,13-15,22H,5-6H2,1-4H3/b8-7+,11-9+/t13?,14?,15-,19+/m0/s1. The van der Waals surface area contributed by atoms with Crippen molar-refractivity contribution in [3.8, 4) is 0 Å². The smallest absolute Gasteiger partial charge is 0.191 e. The van der Waals surface area contributed by atoms with E-state index in [0.29, 0.717) is 17.4 Å². The molecular weight excluding hydrogens is 276 g/mol. The Hall–Kier alpha value is -1.48. The Morgan fingerprint density at radius 2 is 1.91 bits per heavy atom. The van der Waals surface area contributed by atoms with E-state index in [9.17, 15) is 14.7 Å². The van der Waals surface area contributed by atoms with Crippen molar-refractivity contribution < 1.29 is 14.7 Å². The highest BCUT2D eigenvalue weighted by atomic mass is 16.3. The van der Waals surface area contributed by atoms with E-state index in [1.54, 1.807) is 13.0 Å².